The van der Waals surface area contributed by atoms with E-state index in [1.54, 1.807) is 13.3 Å². The minimum absolute atomic E-state index is 0.0840. The van der Waals surface area contributed by atoms with Crippen LogP contribution in [0.1, 0.15) is 48.9 Å². The number of imidazole rings is 1. The minimum Gasteiger partial charge on any atom is -0.348 e. The number of nitrogens with zero attached hydrogens (tertiary/aromatic N) is 1. The van der Waals surface area contributed by atoms with Crippen molar-refractivity contribution in [2.75, 3.05) is 10.5 Å². The fourth-order valence-electron chi connectivity index (χ4n) is 3.13. The molecule has 0 saturated carbocycles. The number of sulfonamides is 1. The highest BCUT2D eigenvalue weighted by atomic mass is 32.2. The van der Waals surface area contributed by atoms with Gasteiger partial charge in [0.25, 0.3) is 0 Å². The highest BCUT2D eigenvalue weighted by Gasteiger charge is 2.24. The number of H-pyrrole nitrogens is 1. The molecule has 22 heavy (non-hydrogen) atoms. The Hall–Kier alpha value is -1.82. The van der Waals surface area contributed by atoms with Crippen LogP contribution in [-0.2, 0) is 16.4 Å². The van der Waals surface area contributed by atoms with Gasteiger partial charge in [0, 0.05) is 17.8 Å². The second kappa shape index (κ2) is 6.12. The largest absolute Gasteiger partial charge is 0.348 e. The van der Waals surface area contributed by atoms with E-state index >= 15 is 0 Å². The summed E-state index contributed by atoms with van der Waals surface area (Å²) in [5, 5.41) is 0. The number of hydrogen-bond donors (Lipinski definition) is 2. The number of aromatic nitrogens is 2. The average Bonchev–Trinajstić information content (AvgIpc) is 2.94. The number of benzene rings is 1. The van der Waals surface area contributed by atoms with Crippen molar-refractivity contribution >= 4 is 15.7 Å². The first-order valence-corrected chi connectivity index (χ1v) is 9.36. The highest BCUT2D eigenvalue weighted by molar-refractivity contribution is 7.92. The van der Waals surface area contributed by atoms with Crippen LogP contribution < -0.4 is 4.72 Å². The molecule has 0 aliphatic heterocycles. The smallest absolute Gasteiger partial charge is 0.232 e. The van der Waals surface area contributed by atoms with Gasteiger partial charge in [0.2, 0.25) is 10.0 Å². The Kier molecular flexibility index (Phi) is 4.20. The highest BCUT2D eigenvalue weighted by Crippen LogP contribution is 2.37. The third kappa shape index (κ3) is 3.02. The monoisotopic (exact) mass is 319 g/mol. The summed E-state index contributed by atoms with van der Waals surface area (Å²) in [4.78, 5) is 7.33. The molecule has 1 aromatic carbocycles. The van der Waals surface area contributed by atoms with Crippen molar-refractivity contribution in [3.63, 3.8) is 0 Å². The van der Waals surface area contributed by atoms with E-state index in [-0.39, 0.29) is 11.7 Å². The molecule has 2 aromatic rings. The Morgan fingerprint density at radius 1 is 1.36 bits per heavy atom. The predicted octanol–water partition coefficient (Wildman–Crippen LogP) is 3.03. The van der Waals surface area contributed by atoms with E-state index < -0.39 is 10.0 Å². The Labute approximate surface area is 131 Å². The number of fused-ring (bicyclic) bond motifs is 1. The normalized spacial score (nSPS) is 18.5. The van der Waals surface area contributed by atoms with Gasteiger partial charge in [-0.1, -0.05) is 18.6 Å². The fraction of sp³-hybridized carbons (Fsp3) is 0.438. The summed E-state index contributed by atoms with van der Waals surface area (Å²) in [5.74, 6) is 0.340. The Balaban J connectivity index is 2.05. The van der Waals surface area contributed by atoms with E-state index in [1.807, 2.05) is 18.3 Å². The molecule has 2 N–H and O–H groups in total. The molecular weight excluding hydrogens is 298 g/mol. The van der Waals surface area contributed by atoms with Gasteiger partial charge < -0.3 is 4.98 Å². The summed E-state index contributed by atoms with van der Waals surface area (Å²) in [7, 11) is -3.26. The topological polar surface area (TPSA) is 74.8 Å². The van der Waals surface area contributed by atoms with Gasteiger partial charge in [-0.05, 0) is 43.4 Å². The fourth-order valence-corrected chi connectivity index (χ4v) is 3.80. The summed E-state index contributed by atoms with van der Waals surface area (Å²) in [6.07, 6.45) is 7.72. The van der Waals surface area contributed by atoms with Gasteiger partial charge in [0.05, 0.1) is 17.8 Å². The molecule has 1 aliphatic rings. The molecule has 1 aromatic heterocycles. The molecule has 0 saturated heterocycles. The lowest BCUT2D eigenvalue weighted by Crippen LogP contribution is -2.16. The van der Waals surface area contributed by atoms with E-state index in [4.69, 9.17) is 0 Å². The van der Waals surface area contributed by atoms with Gasteiger partial charge >= 0.3 is 0 Å². The molecule has 118 valence electrons. The molecule has 1 atom stereocenters. The van der Waals surface area contributed by atoms with Gasteiger partial charge in [0.15, 0.2) is 0 Å². The average molecular weight is 319 g/mol. The zero-order chi connectivity index (χ0) is 15.6. The standard InChI is InChI=1S/C16H21N3O2S/c1-2-22(20,21)19-15-9-5-8-12-13(15)6-3-4-7-14(12)16-10-17-11-18-16/h5,8-11,14,19H,2-4,6-7H2,1H3,(H,17,18). The third-order valence-corrected chi connectivity index (χ3v) is 5.59. The maximum atomic E-state index is 11.9. The quantitative estimate of drug-likeness (QED) is 0.851. The van der Waals surface area contributed by atoms with Crippen LogP contribution >= 0.6 is 0 Å². The third-order valence-electron chi connectivity index (χ3n) is 4.30. The van der Waals surface area contributed by atoms with E-state index in [0.717, 1.165) is 42.6 Å². The molecule has 0 bridgehead atoms. The lowest BCUT2D eigenvalue weighted by Gasteiger charge is -2.19. The number of rotatable bonds is 4. The predicted molar refractivity (Wildman–Crippen MR) is 87.5 cm³/mol. The first-order valence-electron chi connectivity index (χ1n) is 7.71. The van der Waals surface area contributed by atoms with Crippen LogP contribution in [0.2, 0.25) is 0 Å². The van der Waals surface area contributed by atoms with Crippen LogP contribution in [-0.4, -0.2) is 24.1 Å². The Morgan fingerprint density at radius 2 is 2.23 bits per heavy atom. The molecule has 0 spiro atoms. The van der Waals surface area contributed by atoms with E-state index in [0.29, 0.717) is 0 Å². The molecule has 0 amide bonds. The van der Waals surface area contributed by atoms with Crippen LogP contribution in [0.15, 0.2) is 30.7 Å². The van der Waals surface area contributed by atoms with Crippen LogP contribution in [0.3, 0.4) is 0 Å². The van der Waals surface area contributed by atoms with Gasteiger partial charge in [-0.15, -0.1) is 0 Å². The summed E-state index contributed by atoms with van der Waals surface area (Å²) in [6, 6.07) is 5.90. The van der Waals surface area contributed by atoms with Gasteiger partial charge in [-0.25, -0.2) is 13.4 Å². The second-order valence-electron chi connectivity index (χ2n) is 5.68. The van der Waals surface area contributed by atoms with Crippen LogP contribution in [0, 0.1) is 0 Å². The number of hydrogen-bond acceptors (Lipinski definition) is 3. The van der Waals surface area contributed by atoms with Crippen LogP contribution in [0.5, 0.6) is 0 Å². The van der Waals surface area contributed by atoms with E-state index in [9.17, 15) is 8.42 Å². The number of nitrogens with one attached hydrogen (secondary N) is 2. The van der Waals surface area contributed by atoms with Crippen molar-refractivity contribution in [1.29, 1.82) is 0 Å². The summed E-state index contributed by atoms with van der Waals surface area (Å²) < 4.78 is 26.6. The number of aromatic amines is 1. The molecule has 5 nitrogen and oxygen atoms in total. The van der Waals surface area contributed by atoms with Crippen molar-refractivity contribution in [3.05, 3.63) is 47.5 Å². The molecule has 1 unspecified atom stereocenters. The maximum Gasteiger partial charge on any atom is 0.232 e. The number of anilines is 1. The SMILES string of the molecule is CCS(=O)(=O)Nc1cccc2c1CCCCC2c1cnc[nH]1. The molecule has 0 radical (unpaired) electrons. The summed E-state index contributed by atoms with van der Waals surface area (Å²) in [6.45, 7) is 1.65. The van der Waals surface area contributed by atoms with Crippen LogP contribution in [0.25, 0.3) is 0 Å². The van der Waals surface area contributed by atoms with Gasteiger partial charge in [-0.3, -0.25) is 4.72 Å². The zero-order valence-corrected chi connectivity index (χ0v) is 13.5. The van der Waals surface area contributed by atoms with Gasteiger partial charge in [0.1, 0.15) is 0 Å². The van der Waals surface area contributed by atoms with Crippen molar-refractivity contribution in [2.45, 2.75) is 38.5 Å². The van der Waals surface area contributed by atoms with Crippen molar-refractivity contribution < 1.29 is 8.42 Å². The van der Waals surface area contributed by atoms with Crippen molar-refractivity contribution in [3.8, 4) is 0 Å². The minimum atomic E-state index is -3.26. The molecular formula is C16H21N3O2S. The van der Waals surface area contributed by atoms with Gasteiger partial charge in [-0.2, -0.15) is 0 Å². The Bertz CT molecular complexity index is 739. The first-order chi connectivity index (χ1) is 10.6. The lowest BCUT2D eigenvalue weighted by molar-refractivity contribution is 0.602. The molecule has 0 fully saturated rings. The lowest BCUT2D eigenvalue weighted by atomic mass is 9.89. The second-order valence-corrected chi connectivity index (χ2v) is 7.70. The molecule has 3 rings (SSSR count). The Morgan fingerprint density at radius 3 is 2.95 bits per heavy atom. The van der Waals surface area contributed by atoms with Crippen molar-refractivity contribution in [2.24, 2.45) is 0 Å². The maximum absolute atomic E-state index is 11.9. The summed E-state index contributed by atoms with van der Waals surface area (Å²) in [5.41, 5.74) is 4.15. The molecule has 1 aliphatic carbocycles. The summed E-state index contributed by atoms with van der Waals surface area (Å²) >= 11 is 0. The molecule has 1 heterocycles. The zero-order valence-electron chi connectivity index (χ0n) is 12.7. The van der Waals surface area contributed by atoms with E-state index in [2.05, 4.69) is 20.8 Å². The van der Waals surface area contributed by atoms with E-state index in [1.165, 1.54) is 5.56 Å². The van der Waals surface area contributed by atoms with Crippen LogP contribution in [0.4, 0.5) is 5.69 Å². The first kappa shape index (κ1) is 15.1. The van der Waals surface area contributed by atoms with Crippen molar-refractivity contribution in [1.82, 2.24) is 9.97 Å². The molecule has 6 heteroatoms.